The number of benzene rings is 2. The lowest BCUT2D eigenvalue weighted by molar-refractivity contribution is -0.384. The fourth-order valence-electron chi connectivity index (χ4n) is 3.42. The van der Waals surface area contributed by atoms with Crippen LogP contribution in [0.2, 0.25) is 0 Å². The molecular weight excluding hydrogens is 396 g/mol. The zero-order valence-corrected chi connectivity index (χ0v) is 16.4. The van der Waals surface area contributed by atoms with Gasteiger partial charge in [-0.05, 0) is 30.7 Å². The number of ketones is 1. The largest absolute Gasteiger partial charge is 0.366 e. The molecule has 1 amide bonds. The number of hydrogen-bond donors (Lipinski definition) is 0. The van der Waals surface area contributed by atoms with Gasteiger partial charge >= 0.3 is 0 Å². The van der Waals surface area contributed by atoms with Crippen molar-refractivity contribution in [3.05, 3.63) is 69.3 Å². The van der Waals surface area contributed by atoms with E-state index in [-0.39, 0.29) is 30.1 Å². The summed E-state index contributed by atoms with van der Waals surface area (Å²) in [5, 5.41) is 10.9. The number of rotatable bonds is 6. The Bertz CT molecular complexity index is 988. The van der Waals surface area contributed by atoms with Crippen molar-refractivity contribution in [3.63, 3.8) is 0 Å². The number of carbonyl (C=O) groups excluding carboxylic acids is 2. The molecule has 2 aromatic carbocycles. The SMILES string of the molecule is CCCC(=O)c1ccc(N2CCN(C(=O)c3cc([N+](=O)[O-])ccc3F)CC2)c(F)c1. The van der Waals surface area contributed by atoms with Gasteiger partial charge < -0.3 is 9.80 Å². The summed E-state index contributed by atoms with van der Waals surface area (Å²) in [5.41, 5.74) is -0.0643. The lowest BCUT2D eigenvalue weighted by atomic mass is 10.1. The van der Waals surface area contributed by atoms with Crippen LogP contribution in [-0.4, -0.2) is 47.7 Å². The highest BCUT2D eigenvalue weighted by atomic mass is 19.1. The summed E-state index contributed by atoms with van der Waals surface area (Å²) in [6, 6.07) is 7.20. The van der Waals surface area contributed by atoms with Crippen LogP contribution in [-0.2, 0) is 0 Å². The van der Waals surface area contributed by atoms with Gasteiger partial charge in [0.15, 0.2) is 5.78 Å². The van der Waals surface area contributed by atoms with Crippen molar-refractivity contribution in [1.29, 1.82) is 0 Å². The summed E-state index contributed by atoms with van der Waals surface area (Å²) >= 11 is 0. The molecule has 158 valence electrons. The molecule has 0 spiro atoms. The zero-order chi connectivity index (χ0) is 21.8. The molecule has 0 atom stereocenters. The third-order valence-electron chi connectivity index (χ3n) is 5.05. The van der Waals surface area contributed by atoms with Gasteiger partial charge in [-0.25, -0.2) is 8.78 Å². The lowest BCUT2D eigenvalue weighted by Gasteiger charge is -2.36. The van der Waals surface area contributed by atoms with Gasteiger partial charge in [-0.2, -0.15) is 0 Å². The highest BCUT2D eigenvalue weighted by Crippen LogP contribution is 2.24. The van der Waals surface area contributed by atoms with Gasteiger partial charge in [0.2, 0.25) is 0 Å². The molecule has 0 unspecified atom stereocenters. The van der Waals surface area contributed by atoms with Crippen molar-refractivity contribution < 1.29 is 23.3 Å². The molecular formula is C21H21F2N3O4. The summed E-state index contributed by atoms with van der Waals surface area (Å²) in [5.74, 6) is -2.10. The Balaban J connectivity index is 1.69. The normalized spacial score (nSPS) is 14.0. The Kier molecular flexibility index (Phi) is 6.39. The first-order chi connectivity index (χ1) is 14.3. The first-order valence-corrected chi connectivity index (χ1v) is 9.62. The van der Waals surface area contributed by atoms with Crippen molar-refractivity contribution in [3.8, 4) is 0 Å². The Morgan fingerprint density at radius 2 is 1.73 bits per heavy atom. The predicted molar refractivity (Wildman–Crippen MR) is 107 cm³/mol. The monoisotopic (exact) mass is 417 g/mol. The molecule has 2 aromatic rings. The number of halogens is 2. The van der Waals surface area contributed by atoms with Gasteiger partial charge in [0.25, 0.3) is 11.6 Å². The molecule has 0 N–H and O–H groups in total. The highest BCUT2D eigenvalue weighted by molar-refractivity contribution is 5.96. The number of anilines is 1. The predicted octanol–water partition coefficient (Wildman–Crippen LogP) is 3.82. The van der Waals surface area contributed by atoms with E-state index in [1.807, 2.05) is 6.92 Å². The van der Waals surface area contributed by atoms with E-state index in [0.29, 0.717) is 37.2 Å². The Morgan fingerprint density at radius 3 is 2.33 bits per heavy atom. The van der Waals surface area contributed by atoms with E-state index in [0.717, 1.165) is 18.2 Å². The molecule has 1 heterocycles. The van der Waals surface area contributed by atoms with E-state index in [2.05, 4.69) is 0 Å². The average Bonchev–Trinajstić information content (AvgIpc) is 2.73. The van der Waals surface area contributed by atoms with Crippen molar-refractivity contribution >= 4 is 23.1 Å². The Morgan fingerprint density at radius 1 is 1.03 bits per heavy atom. The van der Waals surface area contributed by atoms with Gasteiger partial charge in [0.1, 0.15) is 11.6 Å². The summed E-state index contributed by atoms with van der Waals surface area (Å²) in [6.07, 6.45) is 1.04. The molecule has 0 saturated carbocycles. The number of hydrogen-bond acceptors (Lipinski definition) is 5. The minimum absolute atomic E-state index is 0.114. The van der Waals surface area contributed by atoms with Crippen LogP contribution in [0.15, 0.2) is 36.4 Å². The number of nitrogens with zero attached hydrogens (tertiary/aromatic N) is 3. The number of nitro groups is 1. The number of piperazine rings is 1. The molecule has 1 fully saturated rings. The minimum Gasteiger partial charge on any atom is -0.366 e. The molecule has 0 bridgehead atoms. The Hall–Kier alpha value is -3.36. The first kappa shape index (κ1) is 21.4. The molecule has 1 saturated heterocycles. The number of amides is 1. The molecule has 30 heavy (non-hydrogen) atoms. The average molecular weight is 417 g/mol. The molecule has 0 aliphatic carbocycles. The molecule has 3 rings (SSSR count). The molecule has 1 aliphatic heterocycles. The standard InChI is InChI=1S/C21H21F2N3O4/c1-2-3-20(27)14-4-7-19(18(23)12-14)24-8-10-25(11-9-24)21(28)16-13-15(26(29)30)5-6-17(16)22/h4-7,12-13H,2-3,8-11H2,1H3. The first-order valence-electron chi connectivity index (χ1n) is 9.62. The maximum absolute atomic E-state index is 14.5. The van der Waals surface area contributed by atoms with Crippen LogP contribution in [0.25, 0.3) is 0 Å². The summed E-state index contributed by atoms with van der Waals surface area (Å²) in [7, 11) is 0. The molecule has 0 aromatic heterocycles. The van der Waals surface area contributed by atoms with Crippen molar-refractivity contribution in [2.45, 2.75) is 19.8 Å². The fraction of sp³-hybridized carbons (Fsp3) is 0.333. The highest BCUT2D eigenvalue weighted by Gasteiger charge is 2.27. The van der Waals surface area contributed by atoms with E-state index < -0.39 is 22.5 Å². The quantitative estimate of drug-likeness (QED) is 0.405. The third kappa shape index (κ3) is 4.45. The van der Waals surface area contributed by atoms with Gasteiger partial charge in [-0.15, -0.1) is 0 Å². The van der Waals surface area contributed by atoms with Crippen molar-refractivity contribution in [2.24, 2.45) is 0 Å². The number of nitro benzene ring substituents is 1. The topological polar surface area (TPSA) is 83.8 Å². The second-order valence-electron chi connectivity index (χ2n) is 7.04. The number of carbonyl (C=O) groups is 2. The van der Waals surface area contributed by atoms with E-state index in [9.17, 15) is 28.5 Å². The second kappa shape index (κ2) is 8.98. The van der Waals surface area contributed by atoms with Gasteiger partial charge in [-0.3, -0.25) is 19.7 Å². The minimum atomic E-state index is -0.827. The number of Topliss-reactive ketones (excluding diaryl/α,β-unsaturated/α-hetero) is 1. The summed E-state index contributed by atoms with van der Waals surface area (Å²) in [6.45, 7) is 2.90. The van der Waals surface area contributed by atoms with Crippen LogP contribution in [0.1, 0.15) is 40.5 Å². The van der Waals surface area contributed by atoms with Crippen LogP contribution in [0.3, 0.4) is 0 Å². The van der Waals surface area contributed by atoms with Gasteiger partial charge in [0, 0.05) is 50.3 Å². The van der Waals surface area contributed by atoms with Crippen LogP contribution in [0.5, 0.6) is 0 Å². The second-order valence-corrected chi connectivity index (χ2v) is 7.04. The van der Waals surface area contributed by atoms with E-state index >= 15 is 0 Å². The fourth-order valence-corrected chi connectivity index (χ4v) is 3.42. The van der Waals surface area contributed by atoms with Gasteiger partial charge in [-0.1, -0.05) is 6.92 Å². The molecule has 9 heteroatoms. The lowest BCUT2D eigenvalue weighted by Crippen LogP contribution is -2.49. The van der Waals surface area contributed by atoms with E-state index in [1.165, 1.54) is 11.0 Å². The van der Waals surface area contributed by atoms with Crippen LogP contribution in [0.4, 0.5) is 20.2 Å². The smallest absolute Gasteiger partial charge is 0.270 e. The molecule has 0 radical (unpaired) electrons. The third-order valence-corrected chi connectivity index (χ3v) is 5.05. The van der Waals surface area contributed by atoms with Crippen molar-refractivity contribution in [2.75, 3.05) is 31.1 Å². The van der Waals surface area contributed by atoms with E-state index in [1.54, 1.807) is 17.0 Å². The summed E-state index contributed by atoms with van der Waals surface area (Å²) in [4.78, 5) is 37.9. The molecule has 7 nitrogen and oxygen atoms in total. The van der Waals surface area contributed by atoms with Crippen molar-refractivity contribution in [1.82, 2.24) is 4.90 Å². The van der Waals surface area contributed by atoms with Crippen LogP contribution in [0, 0.1) is 21.7 Å². The van der Waals surface area contributed by atoms with Crippen LogP contribution >= 0.6 is 0 Å². The maximum Gasteiger partial charge on any atom is 0.270 e. The maximum atomic E-state index is 14.5. The zero-order valence-electron chi connectivity index (χ0n) is 16.4. The molecule has 1 aliphatic rings. The van der Waals surface area contributed by atoms with Gasteiger partial charge in [0.05, 0.1) is 16.2 Å². The summed E-state index contributed by atoms with van der Waals surface area (Å²) < 4.78 is 28.6. The van der Waals surface area contributed by atoms with Crippen LogP contribution < -0.4 is 4.90 Å². The Labute approximate surface area is 172 Å². The number of non-ortho nitro benzene ring substituents is 1. The van der Waals surface area contributed by atoms with E-state index in [4.69, 9.17) is 0 Å².